The predicted octanol–water partition coefficient (Wildman–Crippen LogP) is 4.20. The van der Waals surface area contributed by atoms with E-state index in [0.717, 1.165) is 24.8 Å². The maximum Gasteiger partial charge on any atom is 0.222 e. The number of thiophene rings is 1. The Hall–Kier alpha value is -1.72. The van der Waals surface area contributed by atoms with Crippen LogP contribution in [0.2, 0.25) is 0 Å². The van der Waals surface area contributed by atoms with Gasteiger partial charge in [0.2, 0.25) is 5.91 Å². The summed E-state index contributed by atoms with van der Waals surface area (Å²) in [6, 6.07) is 10.7. The Morgan fingerprint density at radius 1 is 1.33 bits per heavy atom. The van der Waals surface area contributed by atoms with E-state index in [4.69, 9.17) is 4.74 Å². The second-order valence-electron chi connectivity index (χ2n) is 6.17. The van der Waals surface area contributed by atoms with Crippen LogP contribution in [0.1, 0.15) is 35.8 Å². The van der Waals surface area contributed by atoms with Gasteiger partial charge in [-0.05, 0) is 48.4 Å². The molecule has 0 N–H and O–H groups in total. The van der Waals surface area contributed by atoms with Gasteiger partial charge in [0.25, 0.3) is 0 Å². The number of carbonyl (C=O) groups excluding carboxylic acids is 1. The molecule has 2 heterocycles. The summed E-state index contributed by atoms with van der Waals surface area (Å²) in [7, 11) is 1.88. The summed E-state index contributed by atoms with van der Waals surface area (Å²) in [6.07, 6.45) is 2.87. The van der Waals surface area contributed by atoms with Crippen molar-refractivity contribution < 1.29 is 13.9 Å². The van der Waals surface area contributed by atoms with Crippen LogP contribution in [0.25, 0.3) is 0 Å². The maximum atomic E-state index is 13.1. The molecule has 1 aliphatic heterocycles. The Balaban J connectivity index is 1.56. The van der Waals surface area contributed by atoms with Crippen LogP contribution in [0.5, 0.6) is 0 Å². The summed E-state index contributed by atoms with van der Waals surface area (Å²) in [6.45, 7) is 0.620. The summed E-state index contributed by atoms with van der Waals surface area (Å²) in [5.74, 6) is -0.0693. The molecule has 0 spiro atoms. The van der Waals surface area contributed by atoms with E-state index >= 15 is 0 Å². The molecule has 2 unspecified atom stereocenters. The molecule has 0 radical (unpaired) electrons. The van der Waals surface area contributed by atoms with Gasteiger partial charge in [0, 0.05) is 31.0 Å². The molecule has 1 saturated heterocycles. The molecule has 128 valence electrons. The van der Waals surface area contributed by atoms with E-state index in [1.165, 1.54) is 17.0 Å². The number of halogens is 1. The normalized spacial score (nSPS) is 20.8. The van der Waals surface area contributed by atoms with Crippen LogP contribution in [0.3, 0.4) is 0 Å². The van der Waals surface area contributed by atoms with Crippen LogP contribution in [-0.4, -0.2) is 30.5 Å². The summed E-state index contributed by atoms with van der Waals surface area (Å²) < 4.78 is 18.9. The first-order valence-electron chi connectivity index (χ1n) is 8.28. The SMILES string of the molecule is CN(C(=O)CCc1cccs1)C1CCOC(c2ccc(F)cc2)C1. The van der Waals surface area contributed by atoms with Gasteiger partial charge in [0.1, 0.15) is 5.82 Å². The van der Waals surface area contributed by atoms with Crippen molar-refractivity contribution in [2.45, 2.75) is 37.8 Å². The van der Waals surface area contributed by atoms with E-state index in [1.807, 2.05) is 23.4 Å². The Labute approximate surface area is 146 Å². The van der Waals surface area contributed by atoms with E-state index in [1.54, 1.807) is 23.5 Å². The molecule has 3 nitrogen and oxygen atoms in total. The molecule has 2 aromatic rings. The predicted molar refractivity (Wildman–Crippen MR) is 93.5 cm³/mol. The lowest BCUT2D eigenvalue weighted by molar-refractivity contribution is -0.135. The first kappa shape index (κ1) is 17.1. The smallest absolute Gasteiger partial charge is 0.222 e. The van der Waals surface area contributed by atoms with Gasteiger partial charge < -0.3 is 9.64 Å². The van der Waals surface area contributed by atoms with Gasteiger partial charge in [0.05, 0.1) is 6.10 Å². The van der Waals surface area contributed by atoms with Crippen LogP contribution < -0.4 is 0 Å². The van der Waals surface area contributed by atoms with Crippen LogP contribution >= 0.6 is 11.3 Å². The van der Waals surface area contributed by atoms with Crippen molar-refractivity contribution in [1.29, 1.82) is 0 Å². The molecule has 0 saturated carbocycles. The number of hydrogen-bond acceptors (Lipinski definition) is 3. The van der Waals surface area contributed by atoms with Crippen molar-refractivity contribution in [3.05, 3.63) is 58.0 Å². The fourth-order valence-electron chi connectivity index (χ4n) is 3.11. The van der Waals surface area contributed by atoms with E-state index in [2.05, 4.69) is 6.07 Å². The molecule has 3 rings (SSSR count). The first-order valence-corrected chi connectivity index (χ1v) is 9.16. The standard InChI is InChI=1S/C19H22FNO2S/c1-21(19(22)9-8-17-3-2-12-24-17)16-10-11-23-18(13-16)14-4-6-15(20)7-5-14/h2-7,12,16,18H,8-11,13H2,1H3. The average molecular weight is 347 g/mol. The number of benzene rings is 1. The minimum Gasteiger partial charge on any atom is -0.373 e. The lowest BCUT2D eigenvalue weighted by Crippen LogP contribution is -2.41. The number of rotatable bonds is 5. The van der Waals surface area contributed by atoms with Crippen LogP contribution in [0.4, 0.5) is 4.39 Å². The Kier molecular flexibility index (Phi) is 5.63. The van der Waals surface area contributed by atoms with E-state index in [9.17, 15) is 9.18 Å². The lowest BCUT2D eigenvalue weighted by atomic mass is 9.96. The van der Waals surface area contributed by atoms with Gasteiger partial charge in [-0.1, -0.05) is 18.2 Å². The van der Waals surface area contributed by atoms with Gasteiger partial charge in [0.15, 0.2) is 0 Å². The molecule has 1 amide bonds. The zero-order valence-electron chi connectivity index (χ0n) is 13.8. The van der Waals surface area contributed by atoms with E-state index < -0.39 is 0 Å². The summed E-state index contributed by atoms with van der Waals surface area (Å²) in [5, 5.41) is 2.04. The molecule has 5 heteroatoms. The van der Waals surface area contributed by atoms with Gasteiger partial charge in [-0.3, -0.25) is 4.79 Å². The highest BCUT2D eigenvalue weighted by Crippen LogP contribution is 2.30. The second kappa shape index (κ2) is 7.90. The second-order valence-corrected chi connectivity index (χ2v) is 7.21. The lowest BCUT2D eigenvalue weighted by Gasteiger charge is -2.35. The molecular weight excluding hydrogens is 325 g/mol. The zero-order chi connectivity index (χ0) is 16.9. The van der Waals surface area contributed by atoms with Gasteiger partial charge >= 0.3 is 0 Å². The molecular formula is C19H22FNO2S. The molecule has 0 aliphatic carbocycles. The largest absolute Gasteiger partial charge is 0.373 e. The molecule has 1 aromatic heterocycles. The van der Waals surface area contributed by atoms with Gasteiger partial charge in [-0.2, -0.15) is 0 Å². The van der Waals surface area contributed by atoms with Crippen molar-refractivity contribution in [3.8, 4) is 0 Å². The van der Waals surface area contributed by atoms with Crippen molar-refractivity contribution in [3.63, 3.8) is 0 Å². The highest BCUT2D eigenvalue weighted by atomic mass is 32.1. The zero-order valence-corrected chi connectivity index (χ0v) is 14.6. The third kappa shape index (κ3) is 4.22. The van der Waals surface area contributed by atoms with Crippen molar-refractivity contribution in [2.75, 3.05) is 13.7 Å². The molecule has 2 atom stereocenters. The fourth-order valence-corrected chi connectivity index (χ4v) is 3.81. The minimum absolute atomic E-state index is 0.0723. The summed E-state index contributed by atoms with van der Waals surface area (Å²) in [4.78, 5) is 15.6. The van der Waals surface area contributed by atoms with Crippen molar-refractivity contribution in [2.24, 2.45) is 0 Å². The highest BCUT2D eigenvalue weighted by molar-refractivity contribution is 7.09. The first-order chi connectivity index (χ1) is 11.6. The fraction of sp³-hybridized carbons (Fsp3) is 0.421. The van der Waals surface area contributed by atoms with Crippen LogP contribution in [-0.2, 0) is 16.0 Å². The van der Waals surface area contributed by atoms with Gasteiger partial charge in [-0.25, -0.2) is 4.39 Å². The Morgan fingerprint density at radius 3 is 2.83 bits per heavy atom. The molecule has 24 heavy (non-hydrogen) atoms. The van der Waals surface area contributed by atoms with Crippen LogP contribution in [0.15, 0.2) is 41.8 Å². The molecule has 1 aromatic carbocycles. The number of carbonyl (C=O) groups is 1. The Bertz CT molecular complexity index is 657. The molecule has 1 fully saturated rings. The molecule has 0 bridgehead atoms. The molecule has 1 aliphatic rings. The number of hydrogen-bond donors (Lipinski definition) is 0. The van der Waals surface area contributed by atoms with Crippen LogP contribution in [0, 0.1) is 5.82 Å². The minimum atomic E-state index is -0.244. The quantitative estimate of drug-likeness (QED) is 0.811. The third-order valence-corrected chi connectivity index (χ3v) is 5.54. The maximum absolute atomic E-state index is 13.1. The topological polar surface area (TPSA) is 29.5 Å². The van der Waals surface area contributed by atoms with E-state index in [-0.39, 0.29) is 23.9 Å². The van der Waals surface area contributed by atoms with Gasteiger partial charge in [-0.15, -0.1) is 11.3 Å². The van der Waals surface area contributed by atoms with Crippen molar-refractivity contribution in [1.82, 2.24) is 4.90 Å². The number of nitrogens with zero attached hydrogens (tertiary/aromatic N) is 1. The van der Waals surface area contributed by atoms with Crippen molar-refractivity contribution >= 4 is 17.2 Å². The average Bonchev–Trinajstić information content (AvgIpc) is 3.13. The highest BCUT2D eigenvalue weighted by Gasteiger charge is 2.28. The monoisotopic (exact) mass is 347 g/mol. The number of amides is 1. The number of aryl methyl sites for hydroxylation is 1. The summed E-state index contributed by atoms with van der Waals surface area (Å²) >= 11 is 1.69. The Morgan fingerprint density at radius 2 is 2.12 bits per heavy atom. The van der Waals surface area contributed by atoms with E-state index in [0.29, 0.717) is 13.0 Å². The third-order valence-electron chi connectivity index (χ3n) is 4.60. The summed E-state index contributed by atoms with van der Waals surface area (Å²) in [5.41, 5.74) is 0.973. The number of ether oxygens (including phenoxy) is 1.